The first kappa shape index (κ1) is 31.7. The maximum Gasteiger partial charge on any atom is 0.490 e. The molecule has 2 atom stereocenters. The van der Waals surface area contributed by atoms with Gasteiger partial charge in [0.2, 0.25) is 5.91 Å². The highest BCUT2D eigenvalue weighted by Gasteiger charge is 2.38. The van der Waals surface area contributed by atoms with E-state index in [2.05, 4.69) is 17.2 Å². The molecule has 5 N–H and O–H groups in total. The Labute approximate surface area is 230 Å². The van der Waals surface area contributed by atoms with Gasteiger partial charge in [0.05, 0.1) is 7.11 Å². The number of alkyl halides is 3. The highest BCUT2D eigenvalue weighted by atomic mass is 19.4. The highest BCUT2D eigenvalue weighted by Crippen LogP contribution is 2.19. The summed E-state index contributed by atoms with van der Waals surface area (Å²) in [5.41, 5.74) is 8.30. The third-order valence-corrected chi connectivity index (χ3v) is 5.92. The largest absolute Gasteiger partial charge is 0.490 e. The molecule has 0 unspecified atom stereocenters. The lowest BCUT2D eigenvalue weighted by Crippen LogP contribution is -2.46. The number of methoxy groups -OCH3 is 1. The van der Waals surface area contributed by atoms with Crippen LogP contribution in [0.5, 0.6) is 0 Å². The minimum absolute atomic E-state index is 0.0319. The van der Waals surface area contributed by atoms with E-state index in [1.807, 2.05) is 54.6 Å². The number of halogens is 3. The Balaban J connectivity index is 0.000000708. The summed E-state index contributed by atoms with van der Waals surface area (Å²) in [5.74, 6) is 2.93. The number of rotatable bonds is 6. The molecule has 0 radical (unpaired) electrons. The number of nitrogens with one attached hydrogen (secondary N) is 2. The Morgan fingerprint density at radius 2 is 1.70 bits per heavy atom. The number of carboxylic acids is 1. The Hall–Kier alpha value is -4.53. The lowest BCUT2D eigenvalue weighted by molar-refractivity contribution is -0.192. The van der Waals surface area contributed by atoms with Gasteiger partial charge in [-0.25, -0.2) is 9.59 Å². The van der Waals surface area contributed by atoms with Crippen LogP contribution in [0.3, 0.4) is 0 Å². The summed E-state index contributed by atoms with van der Waals surface area (Å²) in [6.07, 6.45) is -2.69. The molecule has 2 aromatic carbocycles. The van der Waals surface area contributed by atoms with Crippen molar-refractivity contribution in [3.05, 3.63) is 71.3 Å². The van der Waals surface area contributed by atoms with Gasteiger partial charge in [0.25, 0.3) is 0 Å². The Bertz CT molecular complexity index is 1220. The van der Waals surface area contributed by atoms with Crippen LogP contribution in [0.1, 0.15) is 36.0 Å². The highest BCUT2D eigenvalue weighted by molar-refractivity contribution is 5.85. The van der Waals surface area contributed by atoms with Gasteiger partial charge in [-0.05, 0) is 48.6 Å². The van der Waals surface area contributed by atoms with Gasteiger partial charge in [0.15, 0.2) is 5.96 Å². The van der Waals surface area contributed by atoms with Crippen LogP contribution >= 0.6 is 0 Å². The summed E-state index contributed by atoms with van der Waals surface area (Å²) in [6, 6.07) is 16.6. The summed E-state index contributed by atoms with van der Waals surface area (Å²) in [4.78, 5) is 35.6. The van der Waals surface area contributed by atoms with Gasteiger partial charge in [0.1, 0.15) is 6.04 Å². The fraction of sp³-hybridized carbons (Fsp3) is 0.357. The number of likely N-dealkylation sites (tertiary alicyclic amines) is 1. The van der Waals surface area contributed by atoms with Gasteiger partial charge < -0.3 is 25.8 Å². The van der Waals surface area contributed by atoms with E-state index >= 15 is 0 Å². The minimum Gasteiger partial charge on any atom is -0.475 e. The first-order valence-corrected chi connectivity index (χ1v) is 12.3. The predicted octanol–water partition coefficient (Wildman–Crippen LogP) is 2.92. The van der Waals surface area contributed by atoms with E-state index < -0.39 is 24.2 Å². The number of piperidine rings is 1. The first-order valence-electron chi connectivity index (χ1n) is 12.3. The van der Waals surface area contributed by atoms with Crippen molar-refractivity contribution in [2.75, 3.05) is 20.2 Å². The summed E-state index contributed by atoms with van der Waals surface area (Å²) >= 11 is 0. The van der Waals surface area contributed by atoms with Gasteiger partial charge in [-0.1, -0.05) is 42.2 Å². The number of nitrogens with zero attached hydrogens (tertiary/aromatic N) is 1. The van der Waals surface area contributed by atoms with E-state index in [9.17, 15) is 22.8 Å². The monoisotopic (exact) mass is 560 g/mol. The van der Waals surface area contributed by atoms with E-state index in [1.54, 1.807) is 4.90 Å². The van der Waals surface area contributed by atoms with E-state index in [0.717, 1.165) is 36.1 Å². The molecular weight excluding hydrogens is 529 g/mol. The molecule has 9 nitrogen and oxygen atoms in total. The number of nitrogens with two attached hydrogens (primary N) is 1. The Kier molecular flexibility index (Phi) is 12.0. The SMILES string of the molecule is COC(=O)[C@H](Cc1ccc(C#Cc2ccccc2)cc1)NC(=O)C[C@H]1CCCN(C(=N)N)C1.O=C(O)C(F)(F)F. The number of amides is 1. The molecule has 1 amide bonds. The molecule has 12 heteroatoms. The van der Waals surface area contributed by atoms with Crippen molar-refractivity contribution in [2.45, 2.75) is 37.9 Å². The summed E-state index contributed by atoms with van der Waals surface area (Å²) < 4.78 is 36.6. The lowest BCUT2D eigenvalue weighted by atomic mass is 9.94. The molecular formula is C28H31F3N4O5. The molecule has 40 heavy (non-hydrogen) atoms. The molecule has 1 saturated heterocycles. The number of benzene rings is 2. The molecule has 1 aliphatic heterocycles. The molecule has 3 rings (SSSR count). The van der Waals surface area contributed by atoms with Crippen LogP contribution in [0.2, 0.25) is 0 Å². The van der Waals surface area contributed by atoms with E-state index in [1.165, 1.54) is 7.11 Å². The molecule has 0 aliphatic carbocycles. The Morgan fingerprint density at radius 3 is 2.23 bits per heavy atom. The van der Waals surface area contributed by atoms with Crippen molar-refractivity contribution in [1.29, 1.82) is 5.41 Å². The summed E-state index contributed by atoms with van der Waals surface area (Å²) in [7, 11) is 1.32. The predicted molar refractivity (Wildman–Crippen MR) is 141 cm³/mol. The van der Waals surface area contributed by atoms with Crippen LogP contribution in [0.25, 0.3) is 0 Å². The van der Waals surface area contributed by atoms with E-state index in [0.29, 0.717) is 13.0 Å². The van der Waals surface area contributed by atoms with Crippen molar-refractivity contribution in [3.63, 3.8) is 0 Å². The second kappa shape index (κ2) is 15.2. The van der Waals surface area contributed by atoms with Crippen molar-refractivity contribution >= 4 is 23.8 Å². The van der Waals surface area contributed by atoms with Crippen molar-refractivity contribution in [1.82, 2.24) is 10.2 Å². The molecule has 0 spiro atoms. The molecule has 1 fully saturated rings. The fourth-order valence-corrected chi connectivity index (χ4v) is 3.93. The van der Waals surface area contributed by atoms with Crippen LogP contribution < -0.4 is 11.1 Å². The molecule has 0 saturated carbocycles. The average Bonchev–Trinajstić information content (AvgIpc) is 2.92. The van der Waals surface area contributed by atoms with Crippen LogP contribution in [0.4, 0.5) is 13.2 Å². The van der Waals surface area contributed by atoms with Gasteiger partial charge in [-0.3, -0.25) is 10.2 Å². The van der Waals surface area contributed by atoms with Gasteiger partial charge >= 0.3 is 18.1 Å². The maximum atomic E-state index is 12.6. The number of aliphatic carboxylic acids is 1. The van der Waals surface area contributed by atoms with Gasteiger partial charge in [-0.15, -0.1) is 0 Å². The molecule has 0 bridgehead atoms. The molecule has 1 aliphatic rings. The van der Waals surface area contributed by atoms with Gasteiger partial charge in [0, 0.05) is 37.1 Å². The first-order chi connectivity index (χ1) is 18.9. The van der Waals surface area contributed by atoms with Crippen molar-refractivity contribution in [2.24, 2.45) is 11.7 Å². The van der Waals surface area contributed by atoms with Crippen LogP contribution in [0.15, 0.2) is 54.6 Å². The standard InChI is InChI=1S/C26H30N4O3.C2HF3O2/c1-33-25(32)23(29-24(31)17-22-8-5-15-30(18-22)26(27)28)16-21-13-11-20(12-14-21)10-9-19-6-3-2-4-7-19;3-2(4,5)1(6)7/h2-4,6-7,11-14,22-23H,5,8,15-18H2,1H3,(H3,27,28)(H,29,31);(H,6,7)/t22-,23+;/m1./s1. The summed E-state index contributed by atoms with van der Waals surface area (Å²) in [6.45, 7) is 1.32. The molecule has 2 aromatic rings. The number of guanidine groups is 1. The average molecular weight is 561 g/mol. The normalized spacial score (nSPS) is 15.3. The zero-order valence-electron chi connectivity index (χ0n) is 21.8. The quantitative estimate of drug-likeness (QED) is 0.184. The number of ether oxygens (including phenoxy) is 1. The third-order valence-electron chi connectivity index (χ3n) is 5.92. The van der Waals surface area contributed by atoms with Crippen LogP contribution in [0, 0.1) is 23.2 Å². The van der Waals surface area contributed by atoms with E-state index in [4.69, 9.17) is 25.8 Å². The van der Waals surface area contributed by atoms with Crippen molar-refractivity contribution < 1.29 is 37.4 Å². The summed E-state index contributed by atoms with van der Waals surface area (Å²) in [5, 5.41) is 17.5. The zero-order valence-corrected chi connectivity index (χ0v) is 21.8. The smallest absolute Gasteiger partial charge is 0.475 e. The number of esters is 1. The second-order valence-corrected chi connectivity index (χ2v) is 9.01. The van der Waals surface area contributed by atoms with Gasteiger partial charge in [-0.2, -0.15) is 13.2 Å². The number of carboxylic acid groups (broad SMARTS) is 1. The number of hydrogen-bond acceptors (Lipinski definition) is 5. The number of carbonyl (C=O) groups excluding carboxylic acids is 2. The maximum absolute atomic E-state index is 12.6. The molecule has 0 aromatic heterocycles. The van der Waals surface area contributed by atoms with Crippen LogP contribution in [-0.4, -0.2) is 66.2 Å². The topological polar surface area (TPSA) is 146 Å². The number of carbonyl (C=O) groups is 3. The molecule has 214 valence electrons. The fourth-order valence-electron chi connectivity index (χ4n) is 3.93. The Morgan fingerprint density at radius 1 is 1.12 bits per heavy atom. The van der Waals surface area contributed by atoms with E-state index in [-0.39, 0.29) is 24.2 Å². The van der Waals surface area contributed by atoms with Crippen LogP contribution in [-0.2, 0) is 25.5 Å². The van der Waals surface area contributed by atoms with Crippen molar-refractivity contribution in [3.8, 4) is 11.8 Å². The minimum atomic E-state index is -5.08. The lowest BCUT2D eigenvalue weighted by Gasteiger charge is -2.32. The molecule has 1 heterocycles. The zero-order chi connectivity index (χ0) is 29.7. The number of hydrogen-bond donors (Lipinski definition) is 4. The second-order valence-electron chi connectivity index (χ2n) is 9.01. The third kappa shape index (κ3) is 11.1.